The van der Waals surface area contributed by atoms with Crippen LogP contribution in [0.2, 0.25) is 0 Å². The van der Waals surface area contributed by atoms with Gasteiger partial charge in [0, 0.05) is 23.6 Å². The second kappa shape index (κ2) is 5.09. The zero-order valence-electron chi connectivity index (χ0n) is 11.2. The van der Waals surface area contributed by atoms with Crippen molar-refractivity contribution in [2.45, 2.75) is 24.7 Å². The van der Waals surface area contributed by atoms with Crippen molar-refractivity contribution in [1.29, 1.82) is 0 Å². The Morgan fingerprint density at radius 2 is 2.11 bits per heavy atom. The molecule has 1 aromatic rings. The largest absolute Gasteiger partial charge is 0.507 e. The summed E-state index contributed by atoms with van der Waals surface area (Å²) in [5.74, 6) is -0.137. The van der Waals surface area contributed by atoms with Crippen LogP contribution in [-0.4, -0.2) is 31.8 Å². The third-order valence-corrected chi connectivity index (χ3v) is 4.00. The van der Waals surface area contributed by atoms with E-state index < -0.39 is 5.97 Å². The van der Waals surface area contributed by atoms with Crippen LogP contribution in [0, 0.1) is 0 Å². The monoisotopic (exact) mass is 265 g/mol. The number of esters is 1. The quantitative estimate of drug-likeness (QED) is 0.807. The van der Waals surface area contributed by atoms with Gasteiger partial charge in [0.25, 0.3) is 0 Å². The second-order valence-electron chi connectivity index (χ2n) is 4.90. The Morgan fingerprint density at radius 1 is 1.42 bits per heavy atom. The molecule has 2 rings (SSSR count). The lowest BCUT2D eigenvalue weighted by atomic mass is 9.64. The van der Waals surface area contributed by atoms with Crippen molar-refractivity contribution >= 4 is 5.97 Å². The van der Waals surface area contributed by atoms with E-state index in [0.29, 0.717) is 12.3 Å². The van der Waals surface area contributed by atoms with Gasteiger partial charge in [0.15, 0.2) is 0 Å². The van der Waals surface area contributed by atoms with E-state index in [9.17, 15) is 9.90 Å². The van der Waals surface area contributed by atoms with Crippen LogP contribution in [-0.2, 0) is 10.2 Å². The minimum Gasteiger partial charge on any atom is -0.507 e. The third kappa shape index (κ3) is 2.14. The van der Waals surface area contributed by atoms with Crippen molar-refractivity contribution in [3.63, 3.8) is 0 Å². The zero-order valence-corrected chi connectivity index (χ0v) is 11.2. The summed E-state index contributed by atoms with van der Waals surface area (Å²) in [5.41, 5.74) is 6.76. The molecule has 0 spiro atoms. The first-order chi connectivity index (χ1) is 9.07. The van der Waals surface area contributed by atoms with E-state index in [2.05, 4.69) is 4.74 Å². The Bertz CT molecular complexity index is 489. The van der Waals surface area contributed by atoms with Gasteiger partial charge >= 0.3 is 5.97 Å². The number of methoxy groups -OCH3 is 2. The fraction of sp³-hybridized carbons (Fsp3) is 0.500. The standard InChI is InChI=1S/C14H19NO4/c1-18-12-7-11(16)9(13(17)19-2)6-10(12)14(8-15)4-3-5-14/h6-7,16H,3-5,8,15H2,1-2H3. The average molecular weight is 265 g/mol. The van der Waals surface area contributed by atoms with Crippen LogP contribution in [0.25, 0.3) is 0 Å². The number of carbonyl (C=O) groups is 1. The van der Waals surface area contributed by atoms with Crippen LogP contribution in [0.1, 0.15) is 35.2 Å². The van der Waals surface area contributed by atoms with Crippen molar-refractivity contribution in [3.8, 4) is 11.5 Å². The number of phenols is 1. The number of hydrogen-bond acceptors (Lipinski definition) is 5. The summed E-state index contributed by atoms with van der Waals surface area (Å²) < 4.78 is 9.98. The Hall–Kier alpha value is -1.75. The molecule has 0 unspecified atom stereocenters. The van der Waals surface area contributed by atoms with Gasteiger partial charge < -0.3 is 20.3 Å². The number of aromatic hydroxyl groups is 1. The molecule has 0 amide bonds. The van der Waals surface area contributed by atoms with E-state index in [0.717, 1.165) is 24.8 Å². The van der Waals surface area contributed by atoms with Gasteiger partial charge in [-0.05, 0) is 18.9 Å². The number of ether oxygens (including phenoxy) is 2. The van der Waals surface area contributed by atoms with E-state index in [-0.39, 0.29) is 16.7 Å². The molecule has 1 aromatic carbocycles. The summed E-state index contributed by atoms with van der Waals surface area (Å²) in [5, 5.41) is 9.87. The minimum atomic E-state index is -0.562. The Labute approximate surface area is 112 Å². The van der Waals surface area contributed by atoms with Gasteiger partial charge in [-0.1, -0.05) is 6.42 Å². The molecule has 0 radical (unpaired) electrons. The van der Waals surface area contributed by atoms with E-state index in [1.165, 1.54) is 13.2 Å². The Morgan fingerprint density at radius 3 is 2.53 bits per heavy atom. The molecule has 1 aliphatic rings. The topological polar surface area (TPSA) is 81.8 Å². The molecule has 0 aliphatic heterocycles. The van der Waals surface area contributed by atoms with Gasteiger partial charge in [0.1, 0.15) is 17.1 Å². The van der Waals surface area contributed by atoms with E-state index in [1.807, 2.05) is 0 Å². The predicted octanol–water partition coefficient (Wildman–Crippen LogP) is 1.57. The summed E-state index contributed by atoms with van der Waals surface area (Å²) in [6.07, 6.45) is 3.03. The van der Waals surface area contributed by atoms with E-state index >= 15 is 0 Å². The molecular formula is C14H19NO4. The lowest BCUT2D eigenvalue weighted by Gasteiger charge is -2.42. The first-order valence-corrected chi connectivity index (χ1v) is 6.28. The first-order valence-electron chi connectivity index (χ1n) is 6.28. The molecule has 104 valence electrons. The zero-order chi connectivity index (χ0) is 14.0. The Balaban J connectivity index is 2.55. The van der Waals surface area contributed by atoms with Crippen LogP contribution in [0.3, 0.4) is 0 Å². The SMILES string of the molecule is COC(=O)c1cc(C2(CN)CCC2)c(OC)cc1O. The summed E-state index contributed by atoms with van der Waals surface area (Å²) >= 11 is 0. The van der Waals surface area contributed by atoms with E-state index in [4.69, 9.17) is 10.5 Å². The van der Waals surface area contributed by atoms with Gasteiger partial charge in [0.2, 0.25) is 0 Å². The minimum absolute atomic E-state index is 0.140. The number of phenolic OH excluding ortho intramolecular Hbond substituents is 1. The summed E-state index contributed by atoms with van der Waals surface area (Å²) in [7, 11) is 2.83. The van der Waals surface area contributed by atoms with Crippen molar-refractivity contribution < 1.29 is 19.4 Å². The molecule has 0 atom stereocenters. The number of rotatable bonds is 4. The molecule has 0 bridgehead atoms. The summed E-state index contributed by atoms with van der Waals surface area (Å²) in [6.45, 7) is 0.495. The van der Waals surface area contributed by atoms with Gasteiger partial charge in [-0.25, -0.2) is 4.79 Å². The number of benzene rings is 1. The van der Waals surface area contributed by atoms with Crippen molar-refractivity contribution in [3.05, 3.63) is 23.3 Å². The van der Waals surface area contributed by atoms with Crippen LogP contribution in [0.15, 0.2) is 12.1 Å². The lowest BCUT2D eigenvalue weighted by molar-refractivity contribution is 0.0597. The van der Waals surface area contributed by atoms with Crippen molar-refractivity contribution in [1.82, 2.24) is 0 Å². The predicted molar refractivity (Wildman–Crippen MR) is 70.6 cm³/mol. The molecule has 0 heterocycles. The third-order valence-electron chi connectivity index (χ3n) is 4.00. The molecule has 1 fully saturated rings. The molecule has 5 heteroatoms. The Kier molecular flexibility index (Phi) is 3.66. The molecule has 19 heavy (non-hydrogen) atoms. The number of hydrogen-bond donors (Lipinski definition) is 2. The van der Waals surface area contributed by atoms with Crippen LogP contribution in [0.5, 0.6) is 11.5 Å². The average Bonchev–Trinajstić information content (AvgIpc) is 2.38. The van der Waals surface area contributed by atoms with E-state index in [1.54, 1.807) is 13.2 Å². The maximum Gasteiger partial charge on any atom is 0.341 e. The highest BCUT2D eigenvalue weighted by Crippen LogP contribution is 2.47. The highest BCUT2D eigenvalue weighted by Gasteiger charge is 2.40. The molecule has 3 N–H and O–H groups in total. The van der Waals surface area contributed by atoms with Gasteiger partial charge in [0.05, 0.1) is 14.2 Å². The highest BCUT2D eigenvalue weighted by atomic mass is 16.5. The maximum absolute atomic E-state index is 11.7. The summed E-state index contributed by atoms with van der Waals surface area (Å²) in [4.78, 5) is 11.7. The summed E-state index contributed by atoms with van der Waals surface area (Å²) in [6, 6.07) is 3.10. The molecule has 1 aliphatic carbocycles. The second-order valence-corrected chi connectivity index (χ2v) is 4.90. The molecule has 0 aromatic heterocycles. The number of nitrogens with two attached hydrogens (primary N) is 1. The fourth-order valence-electron chi connectivity index (χ4n) is 2.61. The fourth-order valence-corrected chi connectivity index (χ4v) is 2.61. The molecule has 0 saturated heterocycles. The van der Waals surface area contributed by atoms with Crippen molar-refractivity contribution in [2.75, 3.05) is 20.8 Å². The smallest absolute Gasteiger partial charge is 0.341 e. The molecular weight excluding hydrogens is 246 g/mol. The van der Waals surface area contributed by atoms with Gasteiger partial charge in [-0.15, -0.1) is 0 Å². The normalized spacial score (nSPS) is 16.6. The first kappa shape index (κ1) is 13.7. The van der Waals surface area contributed by atoms with Gasteiger partial charge in [-0.3, -0.25) is 0 Å². The van der Waals surface area contributed by atoms with Gasteiger partial charge in [-0.2, -0.15) is 0 Å². The lowest BCUT2D eigenvalue weighted by Crippen LogP contribution is -2.41. The van der Waals surface area contributed by atoms with Crippen LogP contribution < -0.4 is 10.5 Å². The maximum atomic E-state index is 11.7. The number of carbonyl (C=O) groups excluding carboxylic acids is 1. The highest BCUT2D eigenvalue weighted by molar-refractivity contribution is 5.93. The molecule has 5 nitrogen and oxygen atoms in total. The van der Waals surface area contributed by atoms with Crippen LogP contribution >= 0.6 is 0 Å². The van der Waals surface area contributed by atoms with Crippen molar-refractivity contribution in [2.24, 2.45) is 5.73 Å². The molecule has 1 saturated carbocycles. The van der Waals surface area contributed by atoms with Crippen LogP contribution in [0.4, 0.5) is 0 Å².